The normalized spacial score (nSPS) is 13.7. The van der Waals surface area contributed by atoms with Gasteiger partial charge in [-0.3, -0.25) is 14.4 Å². The lowest BCUT2D eigenvalue weighted by atomic mass is 10.1. The second kappa shape index (κ2) is 8.30. The first-order valence-electron chi connectivity index (χ1n) is 6.56. The molecule has 0 heterocycles. The highest BCUT2D eigenvalue weighted by atomic mass is 19.1. The van der Waals surface area contributed by atoms with Crippen LogP contribution in [-0.4, -0.2) is 53.2 Å². The fraction of sp³-hybridized carbons (Fsp3) is 0.692. The van der Waals surface area contributed by atoms with Crippen LogP contribution < -0.4 is 10.6 Å². The van der Waals surface area contributed by atoms with Crippen LogP contribution in [0, 0.1) is 0 Å². The van der Waals surface area contributed by atoms with Gasteiger partial charge in [0.2, 0.25) is 5.91 Å². The zero-order chi connectivity index (χ0) is 17.5. The van der Waals surface area contributed by atoms with Crippen LogP contribution in [0.4, 0.5) is 9.18 Å². The van der Waals surface area contributed by atoms with Crippen LogP contribution in [0.1, 0.15) is 34.1 Å². The maximum Gasteiger partial charge on any atom is 0.408 e. The minimum atomic E-state index is -1.49. The smallest absolute Gasteiger partial charge is 0.408 e. The Bertz CT molecular complexity index is 446. The summed E-state index contributed by atoms with van der Waals surface area (Å²) in [5.41, 5.74) is -0.754. The van der Waals surface area contributed by atoms with E-state index in [0.29, 0.717) is 0 Å². The molecule has 2 amide bonds. The van der Waals surface area contributed by atoms with E-state index in [9.17, 15) is 23.6 Å². The molecule has 0 aliphatic rings. The summed E-state index contributed by atoms with van der Waals surface area (Å²) in [6, 6.07) is -2.57. The lowest BCUT2D eigenvalue weighted by molar-refractivity contribution is -0.140. The van der Waals surface area contributed by atoms with Gasteiger partial charge in [-0.25, -0.2) is 9.18 Å². The van der Waals surface area contributed by atoms with Crippen LogP contribution >= 0.6 is 0 Å². The van der Waals surface area contributed by atoms with Gasteiger partial charge in [-0.15, -0.1) is 0 Å². The first-order valence-corrected chi connectivity index (χ1v) is 6.56. The minimum absolute atomic E-state index is 0.742. The van der Waals surface area contributed by atoms with Gasteiger partial charge in [0.25, 0.3) is 0 Å². The van der Waals surface area contributed by atoms with Crippen molar-refractivity contribution >= 4 is 23.8 Å². The highest BCUT2D eigenvalue weighted by Gasteiger charge is 2.27. The van der Waals surface area contributed by atoms with Crippen LogP contribution in [0.3, 0.4) is 0 Å². The molecule has 0 spiro atoms. The number of carboxylic acid groups (broad SMARTS) is 1. The number of hydrogen-bond donors (Lipinski definition) is 3. The van der Waals surface area contributed by atoms with E-state index in [1.807, 2.05) is 0 Å². The van der Waals surface area contributed by atoms with E-state index in [1.54, 1.807) is 20.8 Å². The van der Waals surface area contributed by atoms with Gasteiger partial charge >= 0.3 is 12.1 Å². The van der Waals surface area contributed by atoms with E-state index in [4.69, 9.17) is 9.84 Å². The number of Topliss-reactive ketones (excluding diaryl/α,β-unsaturated/α-hetero) is 1. The van der Waals surface area contributed by atoms with Crippen molar-refractivity contribution < 1.29 is 33.4 Å². The zero-order valence-corrected chi connectivity index (χ0v) is 12.9. The summed E-state index contributed by atoms with van der Waals surface area (Å²) in [6.45, 7) is 4.84. The fourth-order valence-corrected chi connectivity index (χ4v) is 1.36. The highest BCUT2D eigenvalue weighted by Crippen LogP contribution is 2.06. The van der Waals surface area contributed by atoms with E-state index < -0.39 is 54.5 Å². The number of carbonyl (C=O) groups excluding carboxylic acids is 3. The number of ether oxygens (including phenoxy) is 1. The molecule has 0 fully saturated rings. The Hall–Kier alpha value is -2.19. The molecule has 0 aliphatic heterocycles. The van der Waals surface area contributed by atoms with E-state index in [1.165, 1.54) is 6.92 Å². The van der Waals surface area contributed by atoms with Crippen LogP contribution in [0.5, 0.6) is 0 Å². The van der Waals surface area contributed by atoms with Crippen LogP contribution in [-0.2, 0) is 19.1 Å². The van der Waals surface area contributed by atoms with Gasteiger partial charge < -0.3 is 20.5 Å². The molecule has 0 aromatic carbocycles. The number of alkyl halides is 1. The lowest BCUT2D eigenvalue weighted by Gasteiger charge is -2.22. The summed E-state index contributed by atoms with van der Waals surface area (Å²) >= 11 is 0. The summed E-state index contributed by atoms with van der Waals surface area (Å²) in [7, 11) is 0. The van der Waals surface area contributed by atoms with Crippen molar-refractivity contribution in [2.75, 3.05) is 6.67 Å². The number of halogens is 1. The molecule has 0 saturated carbocycles. The second-order valence-corrected chi connectivity index (χ2v) is 5.63. The molecule has 0 aromatic heterocycles. The Morgan fingerprint density at radius 1 is 1.18 bits per heavy atom. The Labute approximate surface area is 127 Å². The van der Waals surface area contributed by atoms with E-state index in [2.05, 4.69) is 10.6 Å². The van der Waals surface area contributed by atoms with Crippen LogP contribution in [0.2, 0.25) is 0 Å². The number of carboxylic acids is 1. The summed E-state index contributed by atoms with van der Waals surface area (Å²) in [4.78, 5) is 45.2. The molecule has 2 atom stereocenters. The van der Waals surface area contributed by atoms with Gasteiger partial charge in [0.05, 0.1) is 6.42 Å². The molecule has 3 N–H and O–H groups in total. The van der Waals surface area contributed by atoms with Gasteiger partial charge in [-0.2, -0.15) is 0 Å². The summed E-state index contributed by atoms with van der Waals surface area (Å²) in [6.07, 6.45) is -1.59. The molecule has 8 nitrogen and oxygen atoms in total. The predicted octanol–water partition coefficient (Wildman–Crippen LogP) is 0.398. The lowest BCUT2D eigenvalue weighted by Crippen LogP contribution is -2.51. The molecule has 0 aromatic rings. The quantitative estimate of drug-likeness (QED) is 0.624. The number of amides is 2. The Morgan fingerprint density at radius 2 is 1.73 bits per heavy atom. The monoisotopic (exact) mass is 320 g/mol. The Balaban J connectivity index is 4.63. The third-order valence-corrected chi connectivity index (χ3v) is 2.34. The third-order valence-electron chi connectivity index (χ3n) is 2.34. The zero-order valence-electron chi connectivity index (χ0n) is 12.9. The van der Waals surface area contributed by atoms with Gasteiger partial charge in [0.15, 0.2) is 5.78 Å². The Kier molecular flexibility index (Phi) is 7.47. The Morgan fingerprint density at radius 3 is 2.14 bits per heavy atom. The number of alkyl carbamates (subject to hydrolysis) is 1. The molecule has 0 aliphatic carbocycles. The van der Waals surface area contributed by atoms with Gasteiger partial charge in [0.1, 0.15) is 24.4 Å². The van der Waals surface area contributed by atoms with Crippen molar-refractivity contribution in [1.82, 2.24) is 10.6 Å². The first kappa shape index (κ1) is 19.8. The summed E-state index contributed by atoms with van der Waals surface area (Å²) in [5.74, 6) is -3.24. The molecule has 9 heteroatoms. The third kappa shape index (κ3) is 8.18. The molecular weight excluding hydrogens is 299 g/mol. The second-order valence-electron chi connectivity index (χ2n) is 5.63. The maximum absolute atomic E-state index is 12.4. The minimum Gasteiger partial charge on any atom is -0.481 e. The van der Waals surface area contributed by atoms with Crippen molar-refractivity contribution in [3.8, 4) is 0 Å². The average Bonchev–Trinajstić information content (AvgIpc) is 2.33. The predicted molar refractivity (Wildman–Crippen MR) is 74.0 cm³/mol. The molecule has 126 valence electrons. The number of nitrogens with one attached hydrogen (secondary N) is 2. The highest BCUT2D eigenvalue weighted by molar-refractivity contribution is 5.94. The largest absolute Gasteiger partial charge is 0.481 e. The molecule has 22 heavy (non-hydrogen) atoms. The number of aliphatic carboxylic acids is 1. The van der Waals surface area contributed by atoms with E-state index >= 15 is 0 Å². The van der Waals surface area contributed by atoms with Crippen LogP contribution in [0.25, 0.3) is 0 Å². The molecule has 2 unspecified atom stereocenters. The summed E-state index contributed by atoms with van der Waals surface area (Å²) in [5, 5.41) is 13.0. The number of carbonyl (C=O) groups is 4. The van der Waals surface area contributed by atoms with Crippen molar-refractivity contribution in [3.63, 3.8) is 0 Å². The van der Waals surface area contributed by atoms with Crippen LogP contribution in [0.15, 0.2) is 0 Å². The molecular formula is C13H21FN2O6. The number of ketones is 1. The van der Waals surface area contributed by atoms with E-state index in [-0.39, 0.29) is 0 Å². The SMILES string of the molecule is CC(NC(=O)OC(C)(C)C)C(=O)NC(CC(=O)O)C(=O)CF. The standard InChI is InChI=1S/C13H21FN2O6/c1-7(15-12(21)22-13(2,3)4)11(20)16-8(5-10(18)19)9(17)6-14/h7-8H,5-6H2,1-4H3,(H,15,21)(H,16,20)(H,18,19). The fourth-order valence-electron chi connectivity index (χ4n) is 1.36. The average molecular weight is 320 g/mol. The molecule has 0 rings (SSSR count). The van der Waals surface area contributed by atoms with Gasteiger partial charge in [-0.1, -0.05) is 0 Å². The van der Waals surface area contributed by atoms with E-state index in [0.717, 1.165) is 0 Å². The molecule has 0 radical (unpaired) electrons. The topological polar surface area (TPSA) is 122 Å². The van der Waals surface area contributed by atoms with Crippen molar-refractivity contribution in [2.45, 2.75) is 51.8 Å². The van der Waals surface area contributed by atoms with Gasteiger partial charge in [0, 0.05) is 0 Å². The van der Waals surface area contributed by atoms with Crippen molar-refractivity contribution in [2.24, 2.45) is 0 Å². The van der Waals surface area contributed by atoms with Gasteiger partial charge in [-0.05, 0) is 27.7 Å². The van der Waals surface area contributed by atoms with Crippen molar-refractivity contribution in [3.05, 3.63) is 0 Å². The molecule has 0 bridgehead atoms. The first-order chi connectivity index (χ1) is 9.96. The molecule has 0 saturated heterocycles. The van der Waals surface area contributed by atoms with Crippen molar-refractivity contribution in [1.29, 1.82) is 0 Å². The summed E-state index contributed by atoms with van der Waals surface area (Å²) < 4.78 is 17.3. The maximum atomic E-state index is 12.4. The number of hydrogen-bond acceptors (Lipinski definition) is 5. The number of rotatable bonds is 7.